The number of hydrogen-bond acceptors (Lipinski definition) is 7. The van der Waals surface area contributed by atoms with Crippen LogP contribution in [0.25, 0.3) is 0 Å². The summed E-state index contributed by atoms with van der Waals surface area (Å²) in [5.74, 6) is -1.96. The number of carbonyl (C=O) groups excluding carboxylic acids is 2. The molecule has 0 bridgehead atoms. The third-order valence-corrected chi connectivity index (χ3v) is 5.96. The van der Waals surface area contributed by atoms with E-state index in [2.05, 4.69) is 15.5 Å². The van der Waals surface area contributed by atoms with Crippen LogP contribution in [0, 0.1) is 5.92 Å². The van der Waals surface area contributed by atoms with Crippen LogP contribution < -0.4 is 5.32 Å². The molecule has 4 heterocycles. The molecule has 2 amide bonds. The number of aromatic nitrogens is 2. The molecular formula is C22H25F3N4O6. The van der Waals surface area contributed by atoms with E-state index in [0.717, 1.165) is 12.8 Å². The third-order valence-electron chi connectivity index (χ3n) is 5.96. The predicted molar refractivity (Wildman–Crippen MR) is 113 cm³/mol. The van der Waals surface area contributed by atoms with Gasteiger partial charge in [0.25, 0.3) is 11.8 Å². The fourth-order valence-electron chi connectivity index (χ4n) is 4.11. The lowest BCUT2D eigenvalue weighted by atomic mass is 9.78. The van der Waals surface area contributed by atoms with E-state index >= 15 is 0 Å². The summed E-state index contributed by atoms with van der Waals surface area (Å²) in [6.45, 7) is 4.35. The molecule has 4 rings (SSSR count). The standard InChI is InChI=1S/C20H24N4O4.C2HF3O2/c1-2-17-16(11-23-28-17)19(26)24-12-20(13-24)15(6-10-27-20)5-9-22-18(25)14-3-7-21-8-4-14;3-2(4,5)1(6)7/h3-4,7-8,11,15H,2,5-6,9-10,12-13H2,1H3,(H,22,25);(H,6,7). The second-order valence-electron chi connectivity index (χ2n) is 8.16. The molecule has 2 aliphatic heterocycles. The number of likely N-dealkylation sites (tertiary alicyclic amines) is 1. The minimum atomic E-state index is -5.08. The zero-order valence-electron chi connectivity index (χ0n) is 18.9. The summed E-state index contributed by atoms with van der Waals surface area (Å²) in [5, 5.41) is 13.8. The van der Waals surface area contributed by atoms with E-state index < -0.39 is 12.1 Å². The van der Waals surface area contributed by atoms with Crippen molar-refractivity contribution in [1.29, 1.82) is 0 Å². The molecule has 2 N–H and O–H groups in total. The van der Waals surface area contributed by atoms with E-state index in [1.54, 1.807) is 29.4 Å². The summed E-state index contributed by atoms with van der Waals surface area (Å²) >= 11 is 0. The number of amides is 2. The molecule has 10 nitrogen and oxygen atoms in total. The average Bonchev–Trinajstić information content (AvgIpc) is 3.45. The Morgan fingerprint density at radius 1 is 1.26 bits per heavy atom. The van der Waals surface area contributed by atoms with Gasteiger partial charge in [0.05, 0.1) is 19.3 Å². The third kappa shape index (κ3) is 6.15. The number of rotatable bonds is 6. The Morgan fingerprint density at radius 3 is 2.51 bits per heavy atom. The van der Waals surface area contributed by atoms with Crippen LogP contribution in [0.5, 0.6) is 0 Å². The van der Waals surface area contributed by atoms with E-state index in [0.29, 0.717) is 55.5 Å². The number of halogens is 3. The number of aryl methyl sites for hydroxylation is 1. The Balaban J connectivity index is 0.000000429. The molecular weight excluding hydrogens is 473 g/mol. The average molecular weight is 498 g/mol. The molecule has 1 atom stereocenters. The molecule has 2 aromatic heterocycles. The quantitative estimate of drug-likeness (QED) is 0.620. The molecule has 35 heavy (non-hydrogen) atoms. The van der Waals surface area contributed by atoms with Crippen LogP contribution in [0.2, 0.25) is 0 Å². The predicted octanol–water partition coefficient (Wildman–Crippen LogP) is 2.32. The maximum Gasteiger partial charge on any atom is 0.490 e. The molecule has 1 spiro atoms. The first-order valence-corrected chi connectivity index (χ1v) is 10.9. The van der Waals surface area contributed by atoms with Crippen LogP contribution in [-0.2, 0) is 16.0 Å². The highest BCUT2D eigenvalue weighted by atomic mass is 19.4. The van der Waals surface area contributed by atoms with Gasteiger partial charge in [-0.15, -0.1) is 0 Å². The minimum Gasteiger partial charge on any atom is -0.475 e. The number of carbonyl (C=O) groups is 3. The zero-order chi connectivity index (χ0) is 25.6. The van der Waals surface area contributed by atoms with Crippen molar-refractivity contribution in [1.82, 2.24) is 20.4 Å². The van der Waals surface area contributed by atoms with Crippen molar-refractivity contribution in [2.24, 2.45) is 5.92 Å². The highest BCUT2D eigenvalue weighted by Crippen LogP contribution is 2.42. The van der Waals surface area contributed by atoms with Crippen LogP contribution in [0.3, 0.4) is 0 Å². The Bertz CT molecular complexity index is 1040. The zero-order valence-corrected chi connectivity index (χ0v) is 18.9. The van der Waals surface area contributed by atoms with Crippen LogP contribution in [0.4, 0.5) is 13.2 Å². The number of aliphatic carboxylic acids is 1. The summed E-state index contributed by atoms with van der Waals surface area (Å²) < 4.78 is 42.9. The fourth-order valence-corrected chi connectivity index (χ4v) is 4.11. The lowest BCUT2D eigenvalue weighted by Gasteiger charge is -2.50. The SMILES string of the molecule is CCc1oncc1C(=O)N1CC2(C1)OCCC2CCNC(=O)c1ccncc1.O=C(O)C(F)(F)F. The van der Waals surface area contributed by atoms with E-state index in [9.17, 15) is 22.8 Å². The highest BCUT2D eigenvalue weighted by molar-refractivity contribution is 5.95. The normalized spacial score (nSPS) is 18.4. The van der Waals surface area contributed by atoms with Crippen LogP contribution in [0.15, 0.2) is 35.2 Å². The first kappa shape index (κ1) is 26.1. The number of carboxylic acid groups (broad SMARTS) is 1. The summed E-state index contributed by atoms with van der Waals surface area (Å²) in [6.07, 6.45) is 2.03. The number of hydrogen-bond donors (Lipinski definition) is 2. The van der Waals surface area contributed by atoms with E-state index in [1.165, 1.54) is 6.20 Å². The summed E-state index contributed by atoms with van der Waals surface area (Å²) in [6, 6.07) is 3.39. The van der Waals surface area contributed by atoms with Crippen molar-refractivity contribution in [3.05, 3.63) is 47.6 Å². The summed E-state index contributed by atoms with van der Waals surface area (Å²) in [5.41, 5.74) is 0.852. The number of carboxylic acids is 1. The molecule has 0 aliphatic carbocycles. The number of ether oxygens (including phenoxy) is 1. The van der Waals surface area contributed by atoms with Gasteiger partial charge in [-0.05, 0) is 30.9 Å². The number of nitrogens with one attached hydrogen (secondary N) is 1. The van der Waals surface area contributed by atoms with Gasteiger partial charge in [-0.2, -0.15) is 13.2 Å². The summed E-state index contributed by atoms with van der Waals surface area (Å²) in [4.78, 5) is 39.4. The number of pyridine rings is 1. The second-order valence-corrected chi connectivity index (χ2v) is 8.16. The van der Waals surface area contributed by atoms with Gasteiger partial charge < -0.3 is 24.6 Å². The fraction of sp³-hybridized carbons (Fsp3) is 0.500. The van der Waals surface area contributed by atoms with Gasteiger partial charge >= 0.3 is 12.1 Å². The van der Waals surface area contributed by atoms with Crippen LogP contribution in [-0.4, -0.2) is 75.9 Å². The Hall–Kier alpha value is -3.48. The molecule has 0 radical (unpaired) electrons. The molecule has 2 aromatic rings. The maximum atomic E-state index is 12.7. The lowest BCUT2D eigenvalue weighted by molar-refractivity contribution is -0.192. The smallest absolute Gasteiger partial charge is 0.475 e. The Morgan fingerprint density at radius 2 is 1.91 bits per heavy atom. The molecule has 190 valence electrons. The van der Waals surface area contributed by atoms with Crippen LogP contribution >= 0.6 is 0 Å². The van der Waals surface area contributed by atoms with Crippen molar-refractivity contribution in [3.8, 4) is 0 Å². The number of nitrogens with zero attached hydrogens (tertiary/aromatic N) is 3. The molecule has 13 heteroatoms. The largest absolute Gasteiger partial charge is 0.490 e. The van der Waals surface area contributed by atoms with E-state index in [4.69, 9.17) is 19.2 Å². The van der Waals surface area contributed by atoms with E-state index in [-0.39, 0.29) is 17.4 Å². The maximum absolute atomic E-state index is 12.7. The van der Waals surface area contributed by atoms with Gasteiger partial charge in [0.2, 0.25) is 0 Å². The van der Waals surface area contributed by atoms with Gasteiger partial charge in [0, 0.05) is 37.5 Å². The van der Waals surface area contributed by atoms with Crippen molar-refractivity contribution in [2.75, 3.05) is 26.2 Å². The van der Waals surface area contributed by atoms with Crippen LogP contribution in [0.1, 0.15) is 46.2 Å². The topological polar surface area (TPSA) is 135 Å². The minimum absolute atomic E-state index is 0.0519. The van der Waals surface area contributed by atoms with E-state index in [1.807, 2.05) is 6.92 Å². The summed E-state index contributed by atoms with van der Waals surface area (Å²) in [7, 11) is 0. The Labute approximate surface area is 198 Å². The monoisotopic (exact) mass is 498 g/mol. The molecule has 2 aliphatic rings. The van der Waals surface area contributed by atoms with Gasteiger partial charge in [0.1, 0.15) is 16.9 Å². The van der Waals surface area contributed by atoms with Gasteiger partial charge in [-0.1, -0.05) is 12.1 Å². The van der Waals surface area contributed by atoms with Gasteiger partial charge in [-0.3, -0.25) is 14.6 Å². The van der Waals surface area contributed by atoms with Gasteiger partial charge in [0.15, 0.2) is 0 Å². The molecule has 0 saturated carbocycles. The van der Waals surface area contributed by atoms with Crippen molar-refractivity contribution in [2.45, 2.75) is 38.0 Å². The molecule has 0 aromatic carbocycles. The van der Waals surface area contributed by atoms with Gasteiger partial charge in [-0.25, -0.2) is 4.79 Å². The molecule has 2 fully saturated rings. The highest BCUT2D eigenvalue weighted by Gasteiger charge is 2.54. The first-order valence-electron chi connectivity index (χ1n) is 10.9. The number of alkyl halides is 3. The lowest BCUT2D eigenvalue weighted by Crippen LogP contribution is -2.66. The van der Waals surface area contributed by atoms with Crippen molar-refractivity contribution < 1.29 is 41.9 Å². The van der Waals surface area contributed by atoms with Crippen molar-refractivity contribution >= 4 is 17.8 Å². The second kappa shape index (κ2) is 10.8. The molecule has 2 saturated heterocycles. The van der Waals surface area contributed by atoms with Crippen molar-refractivity contribution in [3.63, 3.8) is 0 Å². The molecule has 1 unspecified atom stereocenters. The Kier molecular flexibility index (Phi) is 8.10. The first-order chi connectivity index (χ1) is 16.6.